The molecule has 20 heavy (non-hydrogen) atoms. The van der Waals surface area contributed by atoms with Gasteiger partial charge >= 0.3 is 0 Å². The van der Waals surface area contributed by atoms with E-state index in [1.807, 2.05) is 0 Å². The van der Waals surface area contributed by atoms with Gasteiger partial charge in [0.05, 0.1) is 0 Å². The van der Waals surface area contributed by atoms with Gasteiger partial charge < -0.3 is 10.2 Å². The smallest absolute Gasteiger partial charge is 0.0292 e. The van der Waals surface area contributed by atoms with Gasteiger partial charge in [0.1, 0.15) is 0 Å². The Morgan fingerprint density at radius 1 is 1.20 bits per heavy atom. The van der Waals surface area contributed by atoms with Gasteiger partial charge in [-0.25, -0.2) is 0 Å². The second-order valence-electron chi connectivity index (χ2n) is 6.76. The van der Waals surface area contributed by atoms with Crippen molar-refractivity contribution >= 4 is 0 Å². The zero-order valence-corrected chi connectivity index (χ0v) is 13.0. The van der Waals surface area contributed by atoms with E-state index in [2.05, 4.69) is 42.4 Å². The number of aryl methyl sites for hydroxylation is 2. The molecule has 0 radical (unpaired) electrons. The van der Waals surface area contributed by atoms with Gasteiger partial charge in [0, 0.05) is 6.04 Å². The topological polar surface area (TPSA) is 15.3 Å². The second-order valence-corrected chi connectivity index (χ2v) is 6.76. The molecule has 0 bridgehead atoms. The lowest BCUT2D eigenvalue weighted by molar-refractivity contribution is 0.213. The van der Waals surface area contributed by atoms with Crippen molar-refractivity contribution in [1.82, 2.24) is 10.2 Å². The molecule has 1 unspecified atom stereocenters. The van der Waals surface area contributed by atoms with Crippen molar-refractivity contribution in [3.63, 3.8) is 0 Å². The Kier molecular flexibility index (Phi) is 4.42. The summed E-state index contributed by atoms with van der Waals surface area (Å²) < 4.78 is 0. The molecule has 110 valence electrons. The Hall–Kier alpha value is -0.860. The number of fused-ring (bicyclic) bond motifs is 1. The Morgan fingerprint density at radius 3 is 2.75 bits per heavy atom. The van der Waals surface area contributed by atoms with Gasteiger partial charge in [-0.05, 0) is 88.3 Å². The maximum absolute atomic E-state index is 3.76. The van der Waals surface area contributed by atoms with Gasteiger partial charge in [0.25, 0.3) is 0 Å². The molecule has 1 atom stereocenters. The summed E-state index contributed by atoms with van der Waals surface area (Å²) in [6.07, 6.45) is 6.61. The van der Waals surface area contributed by atoms with Crippen molar-refractivity contribution in [2.24, 2.45) is 5.92 Å². The van der Waals surface area contributed by atoms with E-state index in [1.54, 1.807) is 11.1 Å². The largest absolute Gasteiger partial charge is 0.310 e. The standard InChI is InChI=1S/C18H28N2/c1-14(19-13-15-8-10-20(2)11-9-15)17-7-6-16-4-3-5-18(16)12-17/h6-7,12,14-15,19H,3-5,8-11,13H2,1-2H3. The summed E-state index contributed by atoms with van der Waals surface area (Å²) in [5, 5.41) is 3.76. The molecule has 2 aliphatic rings. The van der Waals surface area contributed by atoms with E-state index in [4.69, 9.17) is 0 Å². The van der Waals surface area contributed by atoms with Crippen LogP contribution in [0.2, 0.25) is 0 Å². The van der Waals surface area contributed by atoms with Crippen molar-refractivity contribution in [2.45, 2.75) is 45.1 Å². The number of hydrogen-bond acceptors (Lipinski definition) is 2. The van der Waals surface area contributed by atoms with E-state index in [1.165, 1.54) is 57.3 Å². The van der Waals surface area contributed by atoms with Crippen LogP contribution in [0, 0.1) is 5.92 Å². The third-order valence-corrected chi connectivity index (χ3v) is 5.17. The molecule has 0 aromatic heterocycles. The zero-order chi connectivity index (χ0) is 13.9. The fourth-order valence-electron chi connectivity index (χ4n) is 3.59. The molecule has 2 nitrogen and oxygen atoms in total. The van der Waals surface area contributed by atoms with E-state index in [0.717, 1.165) is 5.92 Å². The first-order valence-electron chi connectivity index (χ1n) is 8.26. The fraction of sp³-hybridized carbons (Fsp3) is 0.667. The van der Waals surface area contributed by atoms with Crippen LogP contribution >= 0.6 is 0 Å². The molecule has 1 N–H and O–H groups in total. The van der Waals surface area contributed by atoms with Gasteiger partial charge in [-0.15, -0.1) is 0 Å². The van der Waals surface area contributed by atoms with E-state index in [-0.39, 0.29) is 0 Å². The van der Waals surface area contributed by atoms with E-state index in [0.29, 0.717) is 6.04 Å². The van der Waals surface area contributed by atoms with E-state index >= 15 is 0 Å². The molecule has 1 aliphatic heterocycles. The average Bonchev–Trinajstić information content (AvgIpc) is 2.93. The number of nitrogens with zero attached hydrogens (tertiary/aromatic N) is 1. The predicted octanol–water partition coefficient (Wildman–Crippen LogP) is 3.17. The lowest BCUT2D eigenvalue weighted by Gasteiger charge is -2.30. The molecule has 3 rings (SSSR count). The molecule has 1 fully saturated rings. The van der Waals surface area contributed by atoms with E-state index in [9.17, 15) is 0 Å². The van der Waals surface area contributed by atoms with Crippen LogP contribution in [0.25, 0.3) is 0 Å². The highest BCUT2D eigenvalue weighted by atomic mass is 15.1. The molecule has 1 aliphatic carbocycles. The highest BCUT2D eigenvalue weighted by Gasteiger charge is 2.18. The minimum atomic E-state index is 0.487. The number of likely N-dealkylation sites (tertiary alicyclic amines) is 1. The molecule has 1 heterocycles. The van der Waals surface area contributed by atoms with Gasteiger partial charge in [-0.2, -0.15) is 0 Å². The molecule has 1 aromatic carbocycles. The van der Waals surface area contributed by atoms with Crippen LogP contribution in [0.4, 0.5) is 0 Å². The summed E-state index contributed by atoms with van der Waals surface area (Å²) in [5.74, 6) is 0.864. The molecule has 0 spiro atoms. The van der Waals surface area contributed by atoms with Crippen molar-refractivity contribution in [1.29, 1.82) is 0 Å². The van der Waals surface area contributed by atoms with Crippen LogP contribution in [-0.4, -0.2) is 31.6 Å². The number of hydrogen-bond donors (Lipinski definition) is 1. The number of piperidine rings is 1. The average molecular weight is 272 g/mol. The Labute approximate surface area is 123 Å². The molecule has 1 aromatic rings. The highest BCUT2D eigenvalue weighted by Crippen LogP contribution is 2.25. The molecule has 1 saturated heterocycles. The normalized spacial score (nSPS) is 21.9. The van der Waals surface area contributed by atoms with Crippen LogP contribution in [0.5, 0.6) is 0 Å². The summed E-state index contributed by atoms with van der Waals surface area (Å²) in [5.41, 5.74) is 4.64. The maximum Gasteiger partial charge on any atom is 0.0292 e. The Balaban J connectivity index is 1.52. The second kappa shape index (κ2) is 6.28. The Morgan fingerprint density at radius 2 is 1.95 bits per heavy atom. The molecular formula is C18H28N2. The lowest BCUT2D eigenvalue weighted by Crippen LogP contribution is -2.35. The van der Waals surface area contributed by atoms with Crippen molar-refractivity contribution in [3.8, 4) is 0 Å². The molecular weight excluding hydrogens is 244 g/mol. The van der Waals surface area contributed by atoms with Crippen molar-refractivity contribution in [2.75, 3.05) is 26.7 Å². The zero-order valence-electron chi connectivity index (χ0n) is 13.0. The van der Waals surface area contributed by atoms with Crippen LogP contribution in [0.1, 0.15) is 48.9 Å². The monoisotopic (exact) mass is 272 g/mol. The van der Waals surface area contributed by atoms with Crippen molar-refractivity contribution in [3.05, 3.63) is 34.9 Å². The highest BCUT2D eigenvalue weighted by molar-refractivity contribution is 5.36. The van der Waals surface area contributed by atoms with Crippen molar-refractivity contribution < 1.29 is 0 Å². The summed E-state index contributed by atoms with van der Waals surface area (Å²) >= 11 is 0. The molecule has 0 amide bonds. The van der Waals surface area contributed by atoms with Gasteiger partial charge in [-0.3, -0.25) is 0 Å². The van der Waals surface area contributed by atoms with Crippen LogP contribution in [0.3, 0.4) is 0 Å². The number of rotatable bonds is 4. The minimum absolute atomic E-state index is 0.487. The summed E-state index contributed by atoms with van der Waals surface area (Å²) in [4.78, 5) is 2.44. The molecule has 2 heteroatoms. The SMILES string of the molecule is CC(NCC1CCN(C)CC1)c1ccc2c(c1)CCC2. The number of nitrogens with one attached hydrogen (secondary N) is 1. The first kappa shape index (κ1) is 14.1. The first-order valence-corrected chi connectivity index (χ1v) is 8.26. The summed E-state index contributed by atoms with van der Waals surface area (Å²) in [6.45, 7) is 6.01. The molecule has 0 saturated carbocycles. The van der Waals surface area contributed by atoms with Crippen LogP contribution in [-0.2, 0) is 12.8 Å². The fourth-order valence-corrected chi connectivity index (χ4v) is 3.59. The minimum Gasteiger partial charge on any atom is -0.310 e. The summed E-state index contributed by atoms with van der Waals surface area (Å²) in [6, 6.07) is 7.61. The number of benzene rings is 1. The van der Waals surface area contributed by atoms with Gasteiger partial charge in [0.2, 0.25) is 0 Å². The predicted molar refractivity (Wildman–Crippen MR) is 85.1 cm³/mol. The third kappa shape index (κ3) is 3.24. The quantitative estimate of drug-likeness (QED) is 0.905. The lowest BCUT2D eigenvalue weighted by atomic mass is 9.96. The first-order chi connectivity index (χ1) is 9.72. The van der Waals surface area contributed by atoms with Gasteiger partial charge in [-0.1, -0.05) is 18.2 Å². The maximum atomic E-state index is 3.76. The van der Waals surface area contributed by atoms with Crippen LogP contribution in [0.15, 0.2) is 18.2 Å². The summed E-state index contributed by atoms with van der Waals surface area (Å²) in [7, 11) is 2.23. The van der Waals surface area contributed by atoms with E-state index < -0.39 is 0 Å². The Bertz CT molecular complexity index is 447. The third-order valence-electron chi connectivity index (χ3n) is 5.17. The van der Waals surface area contributed by atoms with Gasteiger partial charge in [0.15, 0.2) is 0 Å². The van der Waals surface area contributed by atoms with Crippen LogP contribution < -0.4 is 5.32 Å².